The fraction of sp³-hybridized carbons (Fsp3) is 0.471. The lowest BCUT2D eigenvalue weighted by Crippen LogP contribution is -2.28. The van der Waals surface area contributed by atoms with Gasteiger partial charge in [-0.05, 0) is 31.5 Å². The largest absolute Gasteiger partial charge is 0.496 e. The summed E-state index contributed by atoms with van der Waals surface area (Å²) < 4.78 is 11.3. The number of halogens is 1. The number of imidazole rings is 1. The molecule has 0 aliphatic carbocycles. The highest BCUT2D eigenvalue weighted by atomic mass is 35.5. The van der Waals surface area contributed by atoms with Gasteiger partial charge in [0, 0.05) is 48.1 Å². The van der Waals surface area contributed by atoms with Crippen molar-refractivity contribution in [1.82, 2.24) is 15.3 Å². The molecule has 1 saturated heterocycles. The second kappa shape index (κ2) is 7.34. The van der Waals surface area contributed by atoms with Crippen molar-refractivity contribution in [2.24, 2.45) is 5.92 Å². The van der Waals surface area contributed by atoms with E-state index in [1.54, 1.807) is 13.3 Å². The summed E-state index contributed by atoms with van der Waals surface area (Å²) in [5, 5.41) is 4.29. The summed E-state index contributed by atoms with van der Waals surface area (Å²) in [6.07, 6.45) is 4.66. The highest BCUT2D eigenvalue weighted by Crippen LogP contribution is 2.33. The van der Waals surface area contributed by atoms with E-state index in [0.29, 0.717) is 10.9 Å². The van der Waals surface area contributed by atoms with Gasteiger partial charge in [-0.25, -0.2) is 4.98 Å². The molecule has 3 atom stereocenters. The summed E-state index contributed by atoms with van der Waals surface area (Å²) in [5.74, 6) is 2.15. The molecule has 5 nitrogen and oxygen atoms in total. The Kier molecular flexibility index (Phi) is 5.20. The molecule has 1 aromatic carbocycles. The lowest BCUT2D eigenvalue weighted by molar-refractivity contribution is 0.0834. The monoisotopic (exact) mass is 335 g/mol. The number of ether oxygens (including phenoxy) is 2. The quantitative estimate of drug-likeness (QED) is 0.848. The SMILES string of the molecule is COc1ccc(Cl)cc1C(C)NC[C@@H]1CCO[C@H]1c1ncc[nH]1. The van der Waals surface area contributed by atoms with Crippen molar-refractivity contribution < 1.29 is 9.47 Å². The van der Waals surface area contributed by atoms with Crippen molar-refractivity contribution in [3.63, 3.8) is 0 Å². The van der Waals surface area contributed by atoms with Crippen molar-refractivity contribution in [3.8, 4) is 5.75 Å². The van der Waals surface area contributed by atoms with Crippen LogP contribution in [0, 0.1) is 5.92 Å². The molecule has 2 N–H and O–H groups in total. The zero-order chi connectivity index (χ0) is 16.2. The fourth-order valence-electron chi connectivity index (χ4n) is 3.06. The average Bonchev–Trinajstić information content (AvgIpc) is 3.23. The maximum Gasteiger partial charge on any atom is 0.135 e. The Bertz CT molecular complexity index is 633. The van der Waals surface area contributed by atoms with E-state index in [1.165, 1.54) is 0 Å². The Balaban J connectivity index is 1.65. The second-order valence-electron chi connectivity index (χ2n) is 5.83. The minimum Gasteiger partial charge on any atom is -0.496 e. The number of nitrogens with one attached hydrogen (secondary N) is 2. The summed E-state index contributed by atoms with van der Waals surface area (Å²) >= 11 is 6.12. The summed E-state index contributed by atoms with van der Waals surface area (Å²) in [6.45, 7) is 3.74. The Morgan fingerprint density at radius 3 is 3.13 bits per heavy atom. The molecule has 0 amide bonds. The van der Waals surface area contributed by atoms with Crippen molar-refractivity contribution in [1.29, 1.82) is 0 Å². The Morgan fingerprint density at radius 2 is 2.39 bits per heavy atom. The first-order valence-electron chi connectivity index (χ1n) is 7.86. The molecule has 1 aromatic heterocycles. The molecule has 0 radical (unpaired) electrons. The van der Waals surface area contributed by atoms with Crippen LogP contribution >= 0.6 is 11.6 Å². The van der Waals surface area contributed by atoms with Crippen LogP contribution in [-0.2, 0) is 4.74 Å². The van der Waals surface area contributed by atoms with E-state index in [9.17, 15) is 0 Å². The molecular formula is C17H22ClN3O2. The fourth-order valence-corrected chi connectivity index (χ4v) is 3.24. The topological polar surface area (TPSA) is 59.2 Å². The number of methoxy groups -OCH3 is 1. The Hall–Kier alpha value is -1.56. The predicted octanol–water partition coefficient (Wildman–Crippen LogP) is 3.50. The molecule has 1 unspecified atom stereocenters. The standard InChI is InChI=1S/C17H22ClN3O2/c1-11(14-9-13(18)3-4-15(14)22-2)21-10-12-5-8-23-16(12)17-19-6-7-20-17/h3-4,6-7,9,11-12,16,21H,5,8,10H2,1-2H3,(H,19,20)/t11?,12-,16+/m0/s1. The Labute approximate surface area is 141 Å². The zero-order valence-corrected chi connectivity index (χ0v) is 14.1. The summed E-state index contributed by atoms with van der Waals surface area (Å²) in [6, 6.07) is 5.84. The summed E-state index contributed by atoms with van der Waals surface area (Å²) in [4.78, 5) is 7.48. The molecule has 1 aliphatic heterocycles. The summed E-state index contributed by atoms with van der Waals surface area (Å²) in [7, 11) is 1.68. The van der Waals surface area contributed by atoms with Crippen LogP contribution in [0.4, 0.5) is 0 Å². The average molecular weight is 336 g/mol. The molecular weight excluding hydrogens is 314 g/mol. The van der Waals surface area contributed by atoms with E-state index < -0.39 is 0 Å². The third-order valence-electron chi connectivity index (χ3n) is 4.35. The number of H-pyrrole nitrogens is 1. The molecule has 2 aromatic rings. The van der Waals surface area contributed by atoms with Crippen LogP contribution in [0.15, 0.2) is 30.6 Å². The molecule has 6 heteroatoms. The van der Waals surface area contributed by atoms with Gasteiger partial charge in [0.2, 0.25) is 0 Å². The van der Waals surface area contributed by atoms with Gasteiger partial charge in [0.15, 0.2) is 0 Å². The molecule has 23 heavy (non-hydrogen) atoms. The molecule has 2 heterocycles. The zero-order valence-electron chi connectivity index (χ0n) is 13.4. The smallest absolute Gasteiger partial charge is 0.135 e. The van der Waals surface area contributed by atoms with E-state index in [4.69, 9.17) is 21.1 Å². The van der Waals surface area contributed by atoms with Gasteiger partial charge >= 0.3 is 0 Å². The van der Waals surface area contributed by atoms with E-state index in [1.807, 2.05) is 24.4 Å². The number of nitrogens with zero attached hydrogens (tertiary/aromatic N) is 1. The third kappa shape index (κ3) is 3.68. The van der Waals surface area contributed by atoms with Crippen LogP contribution in [0.3, 0.4) is 0 Å². The molecule has 124 valence electrons. The van der Waals surface area contributed by atoms with Crippen molar-refractivity contribution in [3.05, 3.63) is 47.0 Å². The lowest BCUT2D eigenvalue weighted by atomic mass is 9.99. The summed E-state index contributed by atoms with van der Waals surface area (Å²) in [5.41, 5.74) is 1.06. The minimum absolute atomic E-state index is 0.0333. The molecule has 0 saturated carbocycles. The normalized spacial score (nSPS) is 22.2. The molecule has 0 bridgehead atoms. The third-order valence-corrected chi connectivity index (χ3v) is 4.58. The van der Waals surface area contributed by atoms with Crippen molar-refractivity contribution in [2.45, 2.75) is 25.5 Å². The van der Waals surface area contributed by atoms with Crippen LogP contribution in [0.1, 0.15) is 36.9 Å². The second-order valence-corrected chi connectivity index (χ2v) is 6.27. The number of rotatable bonds is 6. The maximum atomic E-state index is 6.12. The van der Waals surface area contributed by atoms with E-state index in [-0.39, 0.29) is 12.1 Å². The van der Waals surface area contributed by atoms with E-state index in [2.05, 4.69) is 22.2 Å². The highest BCUT2D eigenvalue weighted by Gasteiger charge is 2.31. The van der Waals surface area contributed by atoms with Gasteiger partial charge in [-0.15, -0.1) is 0 Å². The predicted molar refractivity (Wildman–Crippen MR) is 89.8 cm³/mol. The first-order chi connectivity index (χ1) is 11.2. The van der Waals surface area contributed by atoms with E-state index in [0.717, 1.165) is 36.7 Å². The number of hydrogen-bond acceptors (Lipinski definition) is 4. The highest BCUT2D eigenvalue weighted by molar-refractivity contribution is 6.30. The van der Waals surface area contributed by atoms with Gasteiger partial charge in [0.25, 0.3) is 0 Å². The minimum atomic E-state index is 0.0333. The first-order valence-corrected chi connectivity index (χ1v) is 8.24. The number of benzene rings is 1. The van der Waals surface area contributed by atoms with Crippen molar-refractivity contribution >= 4 is 11.6 Å². The van der Waals surface area contributed by atoms with Crippen LogP contribution < -0.4 is 10.1 Å². The van der Waals surface area contributed by atoms with Crippen LogP contribution in [0.5, 0.6) is 5.75 Å². The first kappa shape index (κ1) is 16.3. The van der Waals surface area contributed by atoms with Gasteiger partial charge in [-0.3, -0.25) is 0 Å². The Morgan fingerprint density at radius 1 is 1.52 bits per heavy atom. The molecule has 0 spiro atoms. The van der Waals surface area contributed by atoms with Crippen LogP contribution in [0.25, 0.3) is 0 Å². The van der Waals surface area contributed by atoms with Gasteiger partial charge in [0.1, 0.15) is 17.7 Å². The van der Waals surface area contributed by atoms with Crippen LogP contribution in [-0.4, -0.2) is 30.2 Å². The van der Waals surface area contributed by atoms with Gasteiger partial charge < -0.3 is 19.8 Å². The number of aromatic amines is 1. The molecule has 1 aliphatic rings. The lowest BCUT2D eigenvalue weighted by Gasteiger charge is -2.22. The van der Waals surface area contributed by atoms with Crippen LogP contribution in [0.2, 0.25) is 5.02 Å². The maximum absolute atomic E-state index is 6.12. The van der Waals surface area contributed by atoms with Gasteiger partial charge in [0.05, 0.1) is 7.11 Å². The van der Waals surface area contributed by atoms with E-state index >= 15 is 0 Å². The molecule has 3 rings (SSSR count). The van der Waals surface area contributed by atoms with Gasteiger partial charge in [-0.1, -0.05) is 11.6 Å². The number of hydrogen-bond donors (Lipinski definition) is 2. The number of aromatic nitrogens is 2. The van der Waals surface area contributed by atoms with Crippen molar-refractivity contribution in [2.75, 3.05) is 20.3 Å². The van der Waals surface area contributed by atoms with Gasteiger partial charge in [-0.2, -0.15) is 0 Å². The molecule has 1 fully saturated rings.